The Morgan fingerprint density at radius 1 is 1.06 bits per heavy atom. The van der Waals surface area contributed by atoms with E-state index in [1.165, 1.54) is 11.2 Å². The van der Waals surface area contributed by atoms with Gasteiger partial charge in [-0.3, -0.25) is 14.5 Å². The van der Waals surface area contributed by atoms with Crippen LogP contribution >= 0.6 is 0 Å². The number of ketones is 1. The molecule has 1 saturated heterocycles. The van der Waals surface area contributed by atoms with E-state index in [0.717, 1.165) is 11.1 Å². The van der Waals surface area contributed by atoms with Gasteiger partial charge in [0.25, 0.3) is 11.7 Å². The maximum Gasteiger partial charge on any atom is 0.300 e. The lowest BCUT2D eigenvalue weighted by atomic mass is 9.99. The molecule has 1 N–H and O–H groups in total. The number of anilines is 1. The second-order valence-corrected chi connectivity index (χ2v) is 7.49. The first-order valence-electron chi connectivity index (χ1n) is 10.1. The zero-order chi connectivity index (χ0) is 22.1. The highest BCUT2D eigenvalue weighted by Crippen LogP contribution is 2.42. The number of nitrogens with zero attached hydrogens (tertiary/aromatic N) is 1. The van der Waals surface area contributed by atoms with Crippen molar-refractivity contribution in [2.45, 2.75) is 26.8 Å². The van der Waals surface area contributed by atoms with Gasteiger partial charge in [-0.25, -0.2) is 0 Å². The summed E-state index contributed by atoms with van der Waals surface area (Å²) in [6.07, 6.45) is 1.48. The molecule has 4 rings (SSSR count). The monoisotopic (exact) mass is 417 g/mol. The van der Waals surface area contributed by atoms with Crippen molar-refractivity contribution in [3.05, 3.63) is 88.9 Å². The Hall–Kier alpha value is -3.80. The van der Waals surface area contributed by atoms with Crippen LogP contribution in [0.1, 0.15) is 35.4 Å². The molecule has 3 aromatic rings. The molecule has 158 valence electrons. The minimum atomic E-state index is -0.872. The Bertz CT molecular complexity index is 1140. The summed E-state index contributed by atoms with van der Waals surface area (Å²) < 4.78 is 11.0. The highest BCUT2D eigenvalue weighted by molar-refractivity contribution is 6.51. The van der Waals surface area contributed by atoms with Crippen LogP contribution in [0, 0.1) is 13.8 Å². The molecule has 1 aromatic heterocycles. The second kappa shape index (κ2) is 8.14. The van der Waals surface area contributed by atoms with Crippen molar-refractivity contribution < 1.29 is 23.8 Å². The molecule has 2 aromatic carbocycles. The van der Waals surface area contributed by atoms with Crippen molar-refractivity contribution in [1.29, 1.82) is 0 Å². The second-order valence-electron chi connectivity index (χ2n) is 7.49. The standard InChI is InChI=1S/C25H23NO5/c1-4-30-19-9-7-17(8-10-19)23(27)21-22(20-6-5-11-31-20)26(25(29)24(21)28)18-13-15(2)12-16(3)14-18/h5-14,22,27H,4H2,1-3H3/b23-21-. The summed E-state index contributed by atoms with van der Waals surface area (Å²) in [5.41, 5.74) is 2.90. The van der Waals surface area contributed by atoms with Gasteiger partial charge in [0.15, 0.2) is 0 Å². The maximum atomic E-state index is 13.1. The third-order valence-corrected chi connectivity index (χ3v) is 5.18. The number of amides is 1. The van der Waals surface area contributed by atoms with Crippen LogP contribution in [-0.2, 0) is 9.59 Å². The van der Waals surface area contributed by atoms with Gasteiger partial charge in [-0.15, -0.1) is 0 Å². The molecular weight excluding hydrogens is 394 g/mol. The summed E-state index contributed by atoms with van der Waals surface area (Å²) in [6, 6.07) is 14.9. The molecule has 6 nitrogen and oxygen atoms in total. The normalized spacial score (nSPS) is 17.9. The first kappa shape index (κ1) is 20.5. The Labute approximate surface area is 180 Å². The third-order valence-electron chi connectivity index (χ3n) is 5.18. The summed E-state index contributed by atoms with van der Waals surface area (Å²) in [5.74, 6) is -0.677. The predicted molar refractivity (Wildman–Crippen MR) is 117 cm³/mol. The minimum Gasteiger partial charge on any atom is -0.507 e. The highest BCUT2D eigenvalue weighted by atomic mass is 16.5. The Balaban J connectivity index is 1.87. The van der Waals surface area contributed by atoms with Crippen molar-refractivity contribution in [3.63, 3.8) is 0 Å². The lowest BCUT2D eigenvalue weighted by Crippen LogP contribution is -2.29. The number of benzene rings is 2. The number of carbonyl (C=O) groups excluding carboxylic acids is 2. The molecule has 0 radical (unpaired) electrons. The van der Waals surface area contributed by atoms with Crippen LogP contribution in [0.25, 0.3) is 5.76 Å². The Morgan fingerprint density at radius 2 is 1.74 bits per heavy atom. The van der Waals surface area contributed by atoms with Gasteiger partial charge in [-0.1, -0.05) is 6.07 Å². The van der Waals surface area contributed by atoms with Gasteiger partial charge in [0.2, 0.25) is 0 Å². The van der Waals surface area contributed by atoms with Crippen molar-refractivity contribution in [2.24, 2.45) is 0 Å². The molecule has 0 aliphatic carbocycles. The van der Waals surface area contributed by atoms with Crippen LogP contribution in [0.3, 0.4) is 0 Å². The van der Waals surface area contributed by atoms with Crippen LogP contribution in [0.4, 0.5) is 5.69 Å². The largest absolute Gasteiger partial charge is 0.507 e. The minimum absolute atomic E-state index is 0.0109. The van der Waals surface area contributed by atoms with Gasteiger partial charge in [-0.2, -0.15) is 0 Å². The highest BCUT2D eigenvalue weighted by Gasteiger charge is 2.48. The van der Waals surface area contributed by atoms with Crippen molar-refractivity contribution in [3.8, 4) is 5.75 Å². The molecule has 0 saturated carbocycles. The number of hydrogen-bond acceptors (Lipinski definition) is 5. The van der Waals surface area contributed by atoms with E-state index in [4.69, 9.17) is 9.15 Å². The van der Waals surface area contributed by atoms with E-state index >= 15 is 0 Å². The fourth-order valence-electron chi connectivity index (χ4n) is 3.94. The summed E-state index contributed by atoms with van der Waals surface area (Å²) >= 11 is 0. The van der Waals surface area contributed by atoms with Crippen LogP contribution < -0.4 is 9.64 Å². The summed E-state index contributed by atoms with van der Waals surface area (Å²) in [4.78, 5) is 27.6. The molecular formula is C25H23NO5. The molecule has 0 spiro atoms. The Morgan fingerprint density at radius 3 is 2.32 bits per heavy atom. The first-order chi connectivity index (χ1) is 14.9. The number of furan rings is 1. The zero-order valence-corrected chi connectivity index (χ0v) is 17.6. The molecule has 1 aliphatic heterocycles. The number of aryl methyl sites for hydroxylation is 2. The van der Waals surface area contributed by atoms with Crippen molar-refractivity contribution in [2.75, 3.05) is 11.5 Å². The third kappa shape index (κ3) is 3.72. The Kier molecular flexibility index (Phi) is 5.38. The molecule has 1 fully saturated rings. The number of carbonyl (C=O) groups is 2. The van der Waals surface area contributed by atoms with Gasteiger partial charge in [0.05, 0.1) is 18.4 Å². The van der Waals surface area contributed by atoms with Gasteiger partial charge >= 0.3 is 0 Å². The zero-order valence-electron chi connectivity index (χ0n) is 17.6. The van der Waals surface area contributed by atoms with Crippen LogP contribution in [-0.4, -0.2) is 23.4 Å². The van der Waals surface area contributed by atoms with Crippen molar-refractivity contribution >= 4 is 23.1 Å². The van der Waals surface area contributed by atoms with E-state index in [9.17, 15) is 14.7 Å². The lowest BCUT2D eigenvalue weighted by molar-refractivity contribution is -0.132. The quantitative estimate of drug-likeness (QED) is 0.362. The van der Waals surface area contributed by atoms with Crippen molar-refractivity contribution in [1.82, 2.24) is 0 Å². The predicted octanol–water partition coefficient (Wildman–Crippen LogP) is 4.92. The lowest BCUT2D eigenvalue weighted by Gasteiger charge is -2.24. The van der Waals surface area contributed by atoms with Gasteiger partial charge < -0.3 is 14.3 Å². The number of ether oxygens (including phenoxy) is 1. The number of rotatable bonds is 5. The van der Waals surface area contributed by atoms with E-state index < -0.39 is 17.7 Å². The molecule has 0 bridgehead atoms. The maximum absolute atomic E-state index is 13.1. The van der Waals surface area contributed by atoms with E-state index in [2.05, 4.69) is 0 Å². The summed E-state index contributed by atoms with van der Waals surface area (Å²) in [6.45, 7) is 6.25. The van der Waals surface area contributed by atoms with E-state index in [-0.39, 0.29) is 11.3 Å². The fourth-order valence-corrected chi connectivity index (χ4v) is 3.94. The molecule has 1 atom stereocenters. The molecule has 1 amide bonds. The smallest absolute Gasteiger partial charge is 0.300 e. The molecule has 1 unspecified atom stereocenters. The van der Waals surface area contributed by atoms with E-state index in [0.29, 0.717) is 29.4 Å². The summed E-state index contributed by atoms with van der Waals surface area (Å²) in [7, 11) is 0. The van der Waals surface area contributed by atoms with Crippen LogP contribution in [0.15, 0.2) is 70.9 Å². The number of hydrogen-bond donors (Lipinski definition) is 1. The van der Waals surface area contributed by atoms with Gasteiger partial charge in [-0.05, 0) is 80.4 Å². The number of aliphatic hydroxyl groups is 1. The summed E-state index contributed by atoms with van der Waals surface area (Å²) in [5, 5.41) is 11.1. The SMILES string of the molecule is CCOc1ccc(/C(O)=C2/C(=O)C(=O)N(c3cc(C)cc(C)c3)C2c2ccco2)cc1. The van der Waals surface area contributed by atoms with E-state index in [1.54, 1.807) is 36.4 Å². The molecule has 6 heteroatoms. The molecule has 1 aliphatic rings. The first-order valence-corrected chi connectivity index (χ1v) is 10.1. The average Bonchev–Trinajstić information content (AvgIpc) is 3.35. The van der Waals surface area contributed by atoms with Crippen LogP contribution in [0.2, 0.25) is 0 Å². The topological polar surface area (TPSA) is 80.0 Å². The fraction of sp³-hybridized carbons (Fsp3) is 0.200. The number of aliphatic hydroxyl groups excluding tert-OH is 1. The molecule has 31 heavy (non-hydrogen) atoms. The average molecular weight is 417 g/mol. The molecule has 2 heterocycles. The van der Waals surface area contributed by atoms with Gasteiger partial charge in [0, 0.05) is 11.3 Å². The van der Waals surface area contributed by atoms with E-state index in [1.807, 2.05) is 39.0 Å². The number of Topliss-reactive ketones (excluding diaryl/α,β-unsaturated/α-hetero) is 1. The van der Waals surface area contributed by atoms with Crippen LogP contribution in [0.5, 0.6) is 5.75 Å². The van der Waals surface area contributed by atoms with Gasteiger partial charge in [0.1, 0.15) is 23.3 Å².